The third-order valence-corrected chi connectivity index (χ3v) is 4.76. The Morgan fingerprint density at radius 2 is 2.09 bits per heavy atom. The van der Waals surface area contributed by atoms with Crippen molar-refractivity contribution in [2.24, 2.45) is 5.92 Å². The van der Waals surface area contributed by atoms with Gasteiger partial charge in [-0.25, -0.2) is 4.79 Å². The molecule has 2 aliphatic rings. The first kappa shape index (κ1) is 13.4. The first-order valence-electron chi connectivity index (χ1n) is 7.87. The standard InChI is InChI=1S/C16H18N4O2/c1-2-8-5-10(8)11-6-13(19-20-14(11)9-3-4-9)12-7-17-16(22)18-15(12)21/h6-10H,2-5H2,1H3,(H2,17,18,21,22)/t8-,10-/m0/s1. The van der Waals surface area contributed by atoms with Gasteiger partial charge in [0.05, 0.1) is 11.3 Å². The minimum absolute atomic E-state index is 0.365. The van der Waals surface area contributed by atoms with Crippen molar-refractivity contribution in [3.8, 4) is 11.3 Å². The van der Waals surface area contributed by atoms with Crippen LogP contribution in [0.2, 0.25) is 0 Å². The molecule has 0 spiro atoms. The highest BCUT2D eigenvalue weighted by Gasteiger charge is 2.41. The lowest BCUT2D eigenvalue weighted by Crippen LogP contribution is -2.23. The van der Waals surface area contributed by atoms with Gasteiger partial charge in [0.2, 0.25) is 0 Å². The highest BCUT2D eigenvalue weighted by Crippen LogP contribution is 2.53. The number of aromatic nitrogens is 4. The summed E-state index contributed by atoms with van der Waals surface area (Å²) in [6.07, 6.45) is 6.15. The molecule has 2 fully saturated rings. The Morgan fingerprint density at radius 1 is 1.27 bits per heavy atom. The van der Waals surface area contributed by atoms with Gasteiger partial charge in [-0.05, 0) is 42.7 Å². The van der Waals surface area contributed by atoms with Gasteiger partial charge in [-0.2, -0.15) is 5.10 Å². The molecule has 2 heterocycles. The SMILES string of the molecule is CC[C@H]1C[C@@H]1c1cc(-c2c[nH]c(=O)[nH]c2=O)nnc1C1CC1. The van der Waals surface area contributed by atoms with Crippen molar-refractivity contribution in [3.05, 3.63) is 44.4 Å². The lowest BCUT2D eigenvalue weighted by molar-refractivity contribution is 0.752. The topological polar surface area (TPSA) is 91.5 Å². The number of rotatable bonds is 4. The predicted octanol–water partition coefficient (Wildman–Crippen LogP) is 1.91. The fraction of sp³-hybridized carbons (Fsp3) is 0.500. The Bertz CT molecular complexity index is 835. The van der Waals surface area contributed by atoms with Gasteiger partial charge in [-0.15, -0.1) is 5.10 Å². The van der Waals surface area contributed by atoms with Crippen LogP contribution in [0, 0.1) is 5.92 Å². The summed E-state index contributed by atoms with van der Waals surface area (Å²) in [5.41, 5.74) is 2.34. The molecule has 0 unspecified atom stereocenters. The first-order valence-corrected chi connectivity index (χ1v) is 7.87. The zero-order valence-electron chi connectivity index (χ0n) is 12.4. The van der Waals surface area contributed by atoms with Gasteiger partial charge in [0.1, 0.15) is 5.69 Å². The molecule has 114 valence electrons. The van der Waals surface area contributed by atoms with E-state index in [1.165, 1.54) is 37.4 Å². The van der Waals surface area contributed by atoms with Crippen LogP contribution in [0.25, 0.3) is 11.3 Å². The molecule has 2 saturated carbocycles. The quantitative estimate of drug-likeness (QED) is 0.902. The van der Waals surface area contributed by atoms with Crippen LogP contribution in [0.4, 0.5) is 0 Å². The summed E-state index contributed by atoms with van der Waals surface area (Å²) in [5, 5.41) is 8.65. The van der Waals surface area contributed by atoms with Crippen LogP contribution in [0.5, 0.6) is 0 Å². The molecular formula is C16H18N4O2. The Balaban J connectivity index is 1.79. The average molecular weight is 298 g/mol. The second kappa shape index (κ2) is 4.90. The van der Waals surface area contributed by atoms with Gasteiger partial charge in [-0.1, -0.05) is 13.3 Å². The molecule has 4 rings (SSSR count). The number of aromatic amines is 2. The maximum Gasteiger partial charge on any atom is 0.325 e. The van der Waals surface area contributed by atoms with Crippen LogP contribution in [0.15, 0.2) is 21.9 Å². The van der Waals surface area contributed by atoms with E-state index >= 15 is 0 Å². The Labute approximate surface area is 127 Å². The monoisotopic (exact) mass is 298 g/mol. The highest BCUT2D eigenvalue weighted by atomic mass is 16.2. The van der Waals surface area contributed by atoms with Crippen LogP contribution < -0.4 is 11.2 Å². The van der Waals surface area contributed by atoms with Gasteiger partial charge < -0.3 is 4.98 Å². The third kappa shape index (κ3) is 2.28. The molecule has 22 heavy (non-hydrogen) atoms. The van der Waals surface area contributed by atoms with Gasteiger partial charge in [-0.3, -0.25) is 9.78 Å². The molecule has 6 nitrogen and oxygen atoms in total. The summed E-state index contributed by atoms with van der Waals surface area (Å²) >= 11 is 0. The highest BCUT2D eigenvalue weighted by molar-refractivity contribution is 5.58. The lowest BCUT2D eigenvalue weighted by atomic mass is 10.0. The zero-order chi connectivity index (χ0) is 15.3. The van der Waals surface area contributed by atoms with Crippen LogP contribution >= 0.6 is 0 Å². The van der Waals surface area contributed by atoms with Crippen molar-refractivity contribution >= 4 is 0 Å². The maximum atomic E-state index is 11.9. The molecule has 0 radical (unpaired) electrons. The summed E-state index contributed by atoms with van der Waals surface area (Å²) in [5.74, 6) is 1.82. The van der Waals surface area contributed by atoms with Crippen molar-refractivity contribution in [2.75, 3.05) is 0 Å². The molecule has 0 saturated heterocycles. The fourth-order valence-electron chi connectivity index (χ4n) is 3.20. The van der Waals surface area contributed by atoms with E-state index in [0.29, 0.717) is 23.1 Å². The van der Waals surface area contributed by atoms with E-state index in [1.807, 2.05) is 6.07 Å². The zero-order valence-corrected chi connectivity index (χ0v) is 12.4. The molecule has 2 atom stereocenters. The van der Waals surface area contributed by atoms with Gasteiger partial charge in [0, 0.05) is 12.1 Å². The maximum absolute atomic E-state index is 11.9. The Morgan fingerprint density at radius 3 is 2.73 bits per heavy atom. The van der Waals surface area contributed by atoms with Gasteiger partial charge in [0.25, 0.3) is 5.56 Å². The molecule has 2 N–H and O–H groups in total. The van der Waals surface area contributed by atoms with Crippen LogP contribution in [-0.2, 0) is 0 Å². The third-order valence-electron chi connectivity index (χ3n) is 4.76. The van der Waals surface area contributed by atoms with Crippen molar-refractivity contribution < 1.29 is 0 Å². The molecular weight excluding hydrogens is 280 g/mol. The predicted molar refractivity (Wildman–Crippen MR) is 81.8 cm³/mol. The van der Waals surface area contributed by atoms with Crippen LogP contribution in [-0.4, -0.2) is 20.2 Å². The van der Waals surface area contributed by atoms with Gasteiger partial charge >= 0.3 is 5.69 Å². The van der Waals surface area contributed by atoms with E-state index < -0.39 is 11.2 Å². The minimum Gasteiger partial charge on any atom is -0.313 e. The molecule has 0 aliphatic heterocycles. The number of nitrogens with zero attached hydrogens (tertiary/aromatic N) is 2. The normalized spacial score (nSPS) is 23.5. The molecule has 0 bridgehead atoms. The second-order valence-corrected chi connectivity index (χ2v) is 6.34. The van der Waals surface area contributed by atoms with E-state index in [-0.39, 0.29) is 0 Å². The number of hydrogen-bond acceptors (Lipinski definition) is 4. The molecule has 6 heteroatoms. The van der Waals surface area contributed by atoms with Gasteiger partial charge in [0.15, 0.2) is 0 Å². The van der Waals surface area contributed by atoms with E-state index in [9.17, 15) is 9.59 Å². The van der Waals surface area contributed by atoms with E-state index in [1.54, 1.807) is 0 Å². The lowest BCUT2D eigenvalue weighted by Gasteiger charge is -2.09. The molecule has 2 aliphatic carbocycles. The van der Waals surface area contributed by atoms with Crippen molar-refractivity contribution in [2.45, 2.75) is 44.4 Å². The summed E-state index contributed by atoms with van der Waals surface area (Å²) < 4.78 is 0. The van der Waals surface area contributed by atoms with E-state index in [2.05, 4.69) is 27.1 Å². The smallest absolute Gasteiger partial charge is 0.313 e. The number of hydrogen-bond donors (Lipinski definition) is 2. The first-order chi connectivity index (χ1) is 10.7. The van der Waals surface area contributed by atoms with Crippen molar-refractivity contribution in [1.82, 2.24) is 20.2 Å². The van der Waals surface area contributed by atoms with Crippen molar-refractivity contribution in [3.63, 3.8) is 0 Å². The fourth-order valence-corrected chi connectivity index (χ4v) is 3.20. The van der Waals surface area contributed by atoms with E-state index in [4.69, 9.17) is 0 Å². The van der Waals surface area contributed by atoms with Crippen molar-refractivity contribution in [1.29, 1.82) is 0 Å². The van der Waals surface area contributed by atoms with Crippen LogP contribution in [0.3, 0.4) is 0 Å². The summed E-state index contributed by atoms with van der Waals surface area (Å²) in [7, 11) is 0. The molecule has 2 aromatic heterocycles. The summed E-state index contributed by atoms with van der Waals surface area (Å²) in [6.45, 7) is 2.21. The molecule has 0 aromatic carbocycles. The van der Waals surface area contributed by atoms with Crippen LogP contribution in [0.1, 0.15) is 55.7 Å². The minimum atomic E-state index is -0.509. The Kier molecular flexibility index (Phi) is 2.99. The Hall–Kier alpha value is -2.24. The second-order valence-electron chi connectivity index (χ2n) is 6.34. The summed E-state index contributed by atoms with van der Waals surface area (Å²) in [6, 6.07) is 2.00. The van der Waals surface area contributed by atoms with E-state index in [0.717, 1.165) is 11.6 Å². The summed E-state index contributed by atoms with van der Waals surface area (Å²) in [4.78, 5) is 27.8. The molecule has 2 aromatic rings. The molecule has 0 amide bonds. The number of H-pyrrole nitrogens is 2. The largest absolute Gasteiger partial charge is 0.325 e. The average Bonchev–Trinajstić information content (AvgIpc) is 3.39. The number of nitrogens with one attached hydrogen (secondary N) is 2.